The van der Waals surface area contributed by atoms with Gasteiger partial charge in [0, 0.05) is 21.8 Å². The van der Waals surface area contributed by atoms with Crippen LogP contribution in [0.5, 0.6) is 0 Å². The maximum atomic E-state index is 12.5. The van der Waals surface area contributed by atoms with Gasteiger partial charge in [0.05, 0.1) is 11.3 Å². The Morgan fingerprint density at radius 1 is 1.30 bits per heavy atom. The van der Waals surface area contributed by atoms with Crippen LogP contribution in [0, 0.1) is 19.8 Å². The number of rotatable bonds is 4. The van der Waals surface area contributed by atoms with E-state index < -0.39 is 0 Å². The second-order valence-corrected chi connectivity index (χ2v) is 9.57. The van der Waals surface area contributed by atoms with Gasteiger partial charge in [-0.2, -0.15) is 4.98 Å². The van der Waals surface area contributed by atoms with E-state index in [0.29, 0.717) is 21.7 Å². The summed E-state index contributed by atoms with van der Waals surface area (Å²) in [5.74, 6) is 0.578. The monoisotopic (exact) mass is 444 g/mol. The van der Waals surface area contributed by atoms with E-state index in [1.165, 1.54) is 33.5 Å². The maximum Gasteiger partial charge on any atom is 0.279 e. The fourth-order valence-corrected chi connectivity index (χ4v) is 5.18. The van der Waals surface area contributed by atoms with Crippen LogP contribution >= 0.6 is 23.1 Å². The Balaban J connectivity index is 1.42. The topological polar surface area (TPSA) is 101 Å². The van der Waals surface area contributed by atoms with Crippen LogP contribution in [0.25, 0.3) is 5.78 Å². The minimum absolute atomic E-state index is 0.0911. The van der Waals surface area contributed by atoms with Crippen molar-refractivity contribution in [2.24, 2.45) is 5.92 Å². The molecular weight excluding hydrogens is 420 g/mol. The maximum absolute atomic E-state index is 12.5. The lowest BCUT2D eigenvalue weighted by Gasteiger charge is -2.16. The van der Waals surface area contributed by atoms with Crippen molar-refractivity contribution in [3.8, 4) is 0 Å². The van der Waals surface area contributed by atoms with Crippen LogP contribution in [0.4, 0.5) is 0 Å². The van der Waals surface area contributed by atoms with E-state index in [1.54, 1.807) is 4.52 Å². The van der Waals surface area contributed by atoms with Crippen LogP contribution in [0.15, 0.2) is 11.2 Å². The first-order valence-corrected chi connectivity index (χ1v) is 11.9. The molecule has 0 saturated heterocycles. The highest BCUT2D eigenvalue weighted by atomic mass is 32.2. The number of nitrogens with zero attached hydrogens (tertiary/aromatic N) is 4. The van der Waals surface area contributed by atoms with Gasteiger partial charge in [-0.25, -0.2) is 9.50 Å². The number of carbonyl (C=O) groups excluding carboxylic acids is 2. The number of thiophene rings is 1. The van der Waals surface area contributed by atoms with Crippen molar-refractivity contribution in [2.75, 3.05) is 6.26 Å². The van der Waals surface area contributed by atoms with Gasteiger partial charge in [-0.1, -0.05) is 18.7 Å². The minimum atomic E-state index is -0.309. The number of thioether (sulfide) groups is 1. The molecule has 2 N–H and O–H groups in total. The quantitative estimate of drug-likeness (QED) is 0.474. The molecule has 3 aromatic heterocycles. The summed E-state index contributed by atoms with van der Waals surface area (Å²) >= 11 is 2.96. The van der Waals surface area contributed by atoms with Crippen LogP contribution < -0.4 is 10.9 Å². The van der Waals surface area contributed by atoms with Crippen molar-refractivity contribution in [2.45, 2.75) is 51.6 Å². The number of nitrogens with one attached hydrogen (secondary N) is 2. The molecule has 1 unspecified atom stereocenters. The molecule has 2 amide bonds. The number of amides is 2. The van der Waals surface area contributed by atoms with Crippen LogP contribution in [-0.2, 0) is 24.1 Å². The van der Waals surface area contributed by atoms with Crippen LogP contribution in [0.3, 0.4) is 0 Å². The standard InChI is InChI=1S/C20H24N6O2S2/c1-10-5-6-15-13(7-10)8-16(30-15)18(28)24-23-17(27)9-14-11(2)21-19-22-20(29-4)25-26(19)12(14)3/h8,10H,5-7,9H2,1-4H3,(H,23,27)(H,24,28). The van der Waals surface area contributed by atoms with Crippen molar-refractivity contribution in [1.82, 2.24) is 30.4 Å². The van der Waals surface area contributed by atoms with Gasteiger partial charge in [-0.3, -0.25) is 20.4 Å². The van der Waals surface area contributed by atoms with Crippen molar-refractivity contribution >= 4 is 40.7 Å². The molecule has 0 aliphatic heterocycles. The molecule has 10 heteroatoms. The molecule has 4 rings (SSSR count). The molecule has 3 heterocycles. The third-order valence-electron chi connectivity index (χ3n) is 5.42. The smallest absolute Gasteiger partial charge is 0.273 e. The average molecular weight is 445 g/mol. The molecule has 0 aromatic carbocycles. The van der Waals surface area contributed by atoms with Gasteiger partial charge in [0.25, 0.3) is 11.7 Å². The molecule has 0 saturated carbocycles. The lowest BCUT2D eigenvalue weighted by Crippen LogP contribution is -2.42. The Bertz CT molecular complexity index is 1140. The highest BCUT2D eigenvalue weighted by Gasteiger charge is 2.21. The molecule has 30 heavy (non-hydrogen) atoms. The predicted molar refractivity (Wildman–Crippen MR) is 117 cm³/mol. The number of hydrazine groups is 1. The Morgan fingerprint density at radius 2 is 2.10 bits per heavy atom. The molecule has 8 nitrogen and oxygen atoms in total. The van der Waals surface area contributed by atoms with E-state index in [1.807, 2.05) is 26.2 Å². The van der Waals surface area contributed by atoms with E-state index in [-0.39, 0.29) is 18.2 Å². The van der Waals surface area contributed by atoms with E-state index in [4.69, 9.17) is 0 Å². The van der Waals surface area contributed by atoms with E-state index in [2.05, 4.69) is 32.8 Å². The van der Waals surface area contributed by atoms with Gasteiger partial charge in [0.1, 0.15) is 0 Å². The molecular formula is C20H24N6O2S2. The minimum Gasteiger partial charge on any atom is -0.273 e. The van der Waals surface area contributed by atoms with Crippen molar-refractivity contribution in [3.63, 3.8) is 0 Å². The zero-order valence-corrected chi connectivity index (χ0v) is 19.0. The third-order valence-corrected chi connectivity index (χ3v) is 7.19. The first-order chi connectivity index (χ1) is 14.4. The number of hydrogen-bond donors (Lipinski definition) is 2. The molecule has 0 fully saturated rings. The lowest BCUT2D eigenvalue weighted by molar-refractivity contribution is -0.121. The molecule has 0 spiro atoms. The van der Waals surface area contributed by atoms with Crippen LogP contribution in [-0.4, -0.2) is 37.7 Å². The summed E-state index contributed by atoms with van der Waals surface area (Å²) in [7, 11) is 0. The zero-order chi connectivity index (χ0) is 21.4. The second-order valence-electron chi connectivity index (χ2n) is 7.66. The van der Waals surface area contributed by atoms with Crippen molar-refractivity contribution < 1.29 is 9.59 Å². The summed E-state index contributed by atoms with van der Waals surface area (Å²) < 4.78 is 1.65. The van der Waals surface area contributed by atoms with Gasteiger partial charge < -0.3 is 0 Å². The van der Waals surface area contributed by atoms with Gasteiger partial charge >= 0.3 is 0 Å². The fraction of sp³-hybridized carbons (Fsp3) is 0.450. The Labute approximate surface area is 182 Å². The van der Waals surface area contributed by atoms with Gasteiger partial charge in [0.2, 0.25) is 11.1 Å². The summed E-state index contributed by atoms with van der Waals surface area (Å²) in [6.07, 6.45) is 5.19. The normalized spacial score (nSPS) is 15.8. The van der Waals surface area contributed by atoms with Crippen molar-refractivity contribution in [1.29, 1.82) is 0 Å². The van der Waals surface area contributed by atoms with E-state index in [0.717, 1.165) is 36.2 Å². The van der Waals surface area contributed by atoms with Gasteiger partial charge in [0.15, 0.2) is 0 Å². The highest BCUT2D eigenvalue weighted by Crippen LogP contribution is 2.32. The molecule has 1 aliphatic carbocycles. The summed E-state index contributed by atoms with van der Waals surface area (Å²) in [4.78, 5) is 35.7. The van der Waals surface area contributed by atoms with Crippen LogP contribution in [0.1, 0.15) is 50.4 Å². The lowest BCUT2D eigenvalue weighted by atomic mass is 9.90. The fourth-order valence-electron chi connectivity index (χ4n) is 3.74. The third kappa shape index (κ3) is 4.06. The van der Waals surface area contributed by atoms with Crippen LogP contribution in [0.2, 0.25) is 0 Å². The molecule has 0 bridgehead atoms. The Morgan fingerprint density at radius 3 is 2.87 bits per heavy atom. The first-order valence-electron chi connectivity index (χ1n) is 9.83. The first kappa shape index (κ1) is 20.8. The zero-order valence-electron chi connectivity index (χ0n) is 17.4. The SMILES string of the molecule is CSc1nc2nc(C)c(CC(=O)NNC(=O)c3cc4c(s3)CCC(C)C4)c(C)n2n1. The average Bonchev–Trinajstić information content (AvgIpc) is 3.32. The molecule has 158 valence electrons. The molecule has 1 atom stereocenters. The predicted octanol–water partition coefficient (Wildman–Crippen LogP) is 2.65. The summed E-state index contributed by atoms with van der Waals surface area (Å²) in [6, 6.07) is 1.96. The number of fused-ring (bicyclic) bond motifs is 2. The summed E-state index contributed by atoms with van der Waals surface area (Å²) in [5, 5.41) is 5.03. The number of aromatic nitrogens is 4. The number of hydrogen-bond acceptors (Lipinski definition) is 7. The number of carbonyl (C=O) groups is 2. The Hall–Kier alpha value is -2.46. The Kier molecular flexibility index (Phi) is 5.79. The molecule has 0 radical (unpaired) electrons. The van der Waals surface area contributed by atoms with Gasteiger partial charge in [-0.05, 0) is 56.9 Å². The number of aryl methyl sites for hydroxylation is 3. The van der Waals surface area contributed by atoms with Gasteiger partial charge in [-0.15, -0.1) is 16.4 Å². The van der Waals surface area contributed by atoms with E-state index >= 15 is 0 Å². The molecule has 1 aliphatic rings. The largest absolute Gasteiger partial charge is 0.279 e. The van der Waals surface area contributed by atoms with Crippen molar-refractivity contribution in [3.05, 3.63) is 38.3 Å². The summed E-state index contributed by atoms with van der Waals surface area (Å²) in [5.41, 5.74) is 8.64. The summed E-state index contributed by atoms with van der Waals surface area (Å²) in [6.45, 7) is 5.97. The second kappa shape index (κ2) is 8.35. The highest BCUT2D eigenvalue weighted by molar-refractivity contribution is 7.98. The molecule has 3 aromatic rings. The van der Waals surface area contributed by atoms with E-state index in [9.17, 15) is 9.59 Å².